The lowest BCUT2D eigenvalue weighted by atomic mass is 9.84. The number of ether oxygens (including phenoxy) is 1. The molecule has 1 aliphatic heterocycles. The first-order chi connectivity index (χ1) is 13.1. The van der Waals surface area contributed by atoms with Crippen LogP contribution in [0.15, 0.2) is 24.3 Å². The molecule has 1 amide bonds. The van der Waals surface area contributed by atoms with Gasteiger partial charge in [0.1, 0.15) is 11.6 Å². The van der Waals surface area contributed by atoms with Crippen LogP contribution in [0.4, 0.5) is 5.13 Å². The third-order valence-corrected chi connectivity index (χ3v) is 6.40. The number of anilines is 1. The van der Waals surface area contributed by atoms with Crippen molar-refractivity contribution in [2.45, 2.75) is 38.6 Å². The molecule has 2 aromatic rings. The van der Waals surface area contributed by atoms with Crippen LogP contribution in [-0.4, -0.2) is 53.0 Å². The maximum absolute atomic E-state index is 12.6. The molecule has 6 nitrogen and oxygen atoms in total. The van der Waals surface area contributed by atoms with Crippen molar-refractivity contribution in [3.8, 4) is 5.75 Å². The maximum atomic E-state index is 12.6. The van der Waals surface area contributed by atoms with Crippen molar-refractivity contribution < 1.29 is 9.53 Å². The zero-order valence-electron chi connectivity index (χ0n) is 15.9. The van der Waals surface area contributed by atoms with Gasteiger partial charge in [0, 0.05) is 49.5 Å². The number of rotatable bonds is 5. The molecule has 4 rings (SSSR count). The molecular weight excluding hydrogens is 360 g/mol. The molecule has 2 heterocycles. The molecule has 2 fully saturated rings. The van der Waals surface area contributed by atoms with Gasteiger partial charge in [-0.1, -0.05) is 18.6 Å². The fourth-order valence-electron chi connectivity index (χ4n) is 3.76. The second-order valence-corrected chi connectivity index (χ2v) is 8.21. The van der Waals surface area contributed by atoms with Gasteiger partial charge in [-0.05, 0) is 37.5 Å². The Balaban J connectivity index is 1.38. The van der Waals surface area contributed by atoms with Crippen molar-refractivity contribution in [3.63, 3.8) is 0 Å². The summed E-state index contributed by atoms with van der Waals surface area (Å²) in [7, 11) is 1.68. The van der Waals surface area contributed by atoms with Crippen LogP contribution in [0.2, 0.25) is 0 Å². The Morgan fingerprint density at radius 1 is 1.33 bits per heavy atom. The number of amides is 1. The molecule has 0 radical (unpaired) electrons. The van der Waals surface area contributed by atoms with Crippen LogP contribution >= 0.6 is 11.5 Å². The van der Waals surface area contributed by atoms with Crippen molar-refractivity contribution in [2.24, 2.45) is 5.92 Å². The zero-order chi connectivity index (χ0) is 18.8. The molecule has 0 spiro atoms. The summed E-state index contributed by atoms with van der Waals surface area (Å²) in [5.74, 6) is 2.31. The standard InChI is InChI=1S/C20H26N4O2S/c1-14-13-23(9-10-24(14)19(25)16-6-4-7-16)20-21-18(22-27-20)12-15-5-3-8-17(11-15)26-2/h3,5,8,11,14,16H,4,6-7,9-10,12-13H2,1-2H3. The van der Waals surface area contributed by atoms with E-state index in [0.717, 1.165) is 54.7 Å². The first-order valence-electron chi connectivity index (χ1n) is 9.65. The van der Waals surface area contributed by atoms with Gasteiger partial charge in [-0.2, -0.15) is 4.37 Å². The Morgan fingerprint density at radius 2 is 2.19 bits per heavy atom. The number of nitrogens with zero attached hydrogens (tertiary/aromatic N) is 4. The highest BCUT2D eigenvalue weighted by molar-refractivity contribution is 7.09. The highest BCUT2D eigenvalue weighted by Crippen LogP contribution is 2.30. The lowest BCUT2D eigenvalue weighted by molar-refractivity contribution is -0.140. The molecule has 1 unspecified atom stereocenters. The van der Waals surface area contributed by atoms with Gasteiger partial charge >= 0.3 is 0 Å². The monoisotopic (exact) mass is 386 g/mol. The van der Waals surface area contributed by atoms with E-state index in [1.807, 2.05) is 18.2 Å². The van der Waals surface area contributed by atoms with Crippen LogP contribution in [0.1, 0.15) is 37.6 Å². The average Bonchev–Trinajstić information content (AvgIpc) is 3.08. The van der Waals surface area contributed by atoms with Crippen LogP contribution in [0.5, 0.6) is 5.75 Å². The second-order valence-electron chi connectivity index (χ2n) is 7.48. The number of benzene rings is 1. The Kier molecular flexibility index (Phi) is 5.29. The summed E-state index contributed by atoms with van der Waals surface area (Å²) in [4.78, 5) is 21.6. The number of carbonyl (C=O) groups is 1. The summed E-state index contributed by atoms with van der Waals surface area (Å²) in [5, 5.41) is 0.954. The van der Waals surface area contributed by atoms with Crippen LogP contribution in [0.3, 0.4) is 0 Å². The van der Waals surface area contributed by atoms with E-state index in [4.69, 9.17) is 9.72 Å². The minimum Gasteiger partial charge on any atom is -0.497 e. The molecule has 1 aliphatic carbocycles. The Labute approximate surface area is 164 Å². The molecular formula is C20H26N4O2S. The quantitative estimate of drug-likeness (QED) is 0.791. The van der Waals surface area contributed by atoms with E-state index >= 15 is 0 Å². The average molecular weight is 387 g/mol. The van der Waals surface area contributed by atoms with Gasteiger partial charge < -0.3 is 14.5 Å². The van der Waals surface area contributed by atoms with Crippen molar-refractivity contribution >= 4 is 22.6 Å². The molecule has 0 N–H and O–H groups in total. The Bertz CT molecular complexity index is 805. The first-order valence-corrected chi connectivity index (χ1v) is 10.4. The minimum absolute atomic E-state index is 0.220. The van der Waals surface area contributed by atoms with E-state index in [2.05, 4.69) is 27.2 Å². The van der Waals surface area contributed by atoms with Crippen LogP contribution < -0.4 is 9.64 Å². The predicted molar refractivity (Wildman–Crippen MR) is 106 cm³/mol. The van der Waals surface area contributed by atoms with E-state index in [1.165, 1.54) is 18.0 Å². The molecule has 1 saturated heterocycles. The molecule has 7 heteroatoms. The predicted octanol–water partition coefficient (Wildman–Crippen LogP) is 2.97. The van der Waals surface area contributed by atoms with Gasteiger partial charge in [-0.3, -0.25) is 4.79 Å². The van der Waals surface area contributed by atoms with Crippen LogP contribution in [0, 0.1) is 5.92 Å². The Hall–Kier alpha value is -2.15. The van der Waals surface area contributed by atoms with E-state index < -0.39 is 0 Å². The topological polar surface area (TPSA) is 58.6 Å². The molecule has 0 bridgehead atoms. The van der Waals surface area contributed by atoms with Gasteiger partial charge in [0.2, 0.25) is 11.0 Å². The summed E-state index contributed by atoms with van der Waals surface area (Å²) in [5.41, 5.74) is 1.14. The van der Waals surface area contributed by atoms with Crippen LogP contribution in [0.25, 0.3) is 0 Å². The summed E-state index contributed by atoms with van der Waals surface area (Å²) in [6, 6.07) is 8.23. The van der Waals surface area contributed by atoms with Crippen LogP contribution in [-0.2, 0) is 11.2 Å². The fraction of sp³-hybridized carbons (Fsp3) is 0.550. The summed E-state index contributed by atoms with van der Waals surface area (Å²) >= 11 is 1.45. The smallest absolute Gasteiger partial charge is 0.226 e. The molecule has 2 aliphatic rings. The molecule has 1 aromatic carbocycles. The SMILES string of the molecule is COc1cccc(Cc2nsc(N3CCN(C(=O)C4CCC4)C(C)C3)n2)c1. The van der Waals surface area contributed by atoms with Gasteiger partial charge in [0.05, 0.1) is 7.11 Å². The molecule has 144 valence electrons. The lowest BCUT2D eigenvalue weighted by Gasteiger charge is -2.42. The molecule has 1 aromatic heterocycles. The summed E-state index contributed by atoms with van der Waals surface area (Å²) < 4.78 is 9.82. The maximum Gasteiger partial charge on any atom is 0.226 e. The zero-order valence-corrected chi connectivity index (χ0v) is 16.7. The number of methoxy groups -OCH3 is 1. The third kappa shape index (κ3) is 3.93. The third-order valence-electron chi connectivity index (χ3n) is 5.59. The van der Waals surface area contributed by atoms with Crippen molar-refractivity contribution in [1.29, 1.82) is 0 Å². The number of piperazine rings is 1. The number of aromatic nitrogens is 2. The van der Waals surface area contributed by atoms with Crippen molar-refractivity contribution in [2.75, 3.05) is 31.6 Å². The molecule has 1 atom stereocenters. The second kappa shape index (κ2) is 7.84. The number of carbonyl (C=O) groups excluding carboxylic acids is 1. The van der Waals surface area contributed by atoms with Gasteiger partial charge in [0.25, 0.3) is 0 Å². The number of hydrogen-bond donors (Lipinski definition) is 0. The highest BCUT2D eigenvalue weighted by Gasteiger charge is 2.35. The van der Waals surface area contributed by atoms with Gasteiger partial charge in [-0.25, -0.2) is 4.98 Å². The molecule has 1 saturated carbocycles. The van der Waals surface area contributed by atoms with Gasteiger partial charge in [0.15, 0.2) is 0 Å². The van der Waals surface area contributed by atoms with Gasteiger partial charge in [-0.15, -0.1) is 0 Å². The minimum atomic E-state index is 0.220. The Morgan fingerprint density at radius 3 is 2.89 bits per heavy atom. The van der Waals surface area contributed by atoms with E-state index in [9.17, 15) is 4.79 Å². The molecule has 27 heavy (non-hydrogen) atoms. The van der Waals surface area contributed by atoms with Crippen molar-refractivity contribution in [3.05, 3.63) is 35.7 Å². The summed E-state index contributed by atoms with van der Waals surface area (Å²) in [6.07, 6.45) is 4.03. The van der Waals surface area contributed by atoms with E-state index in [-0.39, 0.29) is 12.0 Å². The summed E-state index contributed by atoms with van der Waals surface area (Å²) in [6.45, 7) is 4.57. The largest absolute Gasteiger partial charge is 0.497 e. The normalized spacial score (nSPS) is 20.4. The fourth-order valence-corrected chi connectivity index (χ4v) is 4.48. The highest BCUT2D eigenvalue weighted by atomic mass is 32.1. The van der Waals surface area contributed by atoms with E-state index in [0.29, 0.717) is 12.3 Å². The van der Waals surface area contributed by atoms with E-state index in [1.54, 1.807) is 7.11 Å². The lowest BCUT2D eigenvalue weighted by Crippen LogP contribution is -2.56. The van der Waals surface area contributed by atoms with Crippen molar-refractivity contribution in [1.82, 2.24) is 14.3 Å². The number of hydrogen-bond acceptors (Lipinski definition) is 6. The first kappa shape index (κ1) is 18.2.